The third-order valence-corrected chi connectivity index (χ3v) is 8.37. The molecule has 1 unspecified atom stereocenters. The number of amides is 2. The van der Waals surface area contributed by atoms with Crippen LogP contribution in [0.4, 0.5) is 5.82 Å². The Morgan fingerprint density at radius 2 is 2.05 bits per heavy atom. The number of nitrogens with zero attached hydrogens (tertiary/aromatic N) is 3. The van der Waals surface area contributed by atoms with Crippen LogP contribution in [0.15, 0.2) is 29.8 Å². The average Bonchev–Trinajstić information content (AvgIpc) is 3.70. The van der Waals surface area contributed by atoms with Gasteiger partial charge in [-0.2, -0.15) is 5.10 Å². The summed E-state index contributed by atoms with van der Waals surface area (Å²) in [6.07, 6.45) is 5.73. The molecule has 13 heteroatoms. The number of benzene rings is 1. The van der Waals surface area contributed by atoms with Crippen molar-refractivity contribution in [2.24, 2.45) is 17.6 Å². The second kappa shape index (κ2) is 12.1. The Morgan fingerprint density at radius 1 is 1.23 bits per heavy atom. The highest BCUT2D eigenvalue weighted by molar-refractivity contribution is 7.09. The highest BCUT2D eigenvalue weighted by atomic mass is 35.5. The molecule has 39 heavy (non-hydrogen) atoms. The number of nitrogens with one attached hydrogen (secondary N) is 4. The molecule has 0 aliphatic heterocycles. The minimum absolute atomic E-state index is 0.0397. The van der Waals surface area contributed by atoms with Crippen LogP contribution in [0.5, 0.6) is 0 Å². The van der Waals surface area contributed by atoms with Gasteiger partial charge in [0.1, 0.15) is 21.7 Å². The molecule has 1 fully saturated rings. The number of anilines is 1. The number of hydrogen-bond donors (Lipinski definition) is 6. The number of hydrogen-bond acceptors (Lipinski definition) is 8. The van der Waals surface area contributed by atoms with Gasteiger partial charge in [0, 0.05) is 34.9 Å². The third kappa shape index (κ3) is 6.40. The number of aromatic amines is 2. The van der Waals surface area contributed by atoms with E-state index in [-0.39, 0.29) is 24.2 Å². The Morgan fingerprint density at radius 3 is 2.79 bits per heavy atom. The number of nitrogens with two attached hydrogens (primary N) is 2. The first-order valence-electron chi connectivity index (χ1n) is 13.1. The predicted molar refractivity (Wildman–Crippen MR) is 152 cm³/mol. The Bertz CT molecular complexity index is 1430. The molecule has 5 rings (SSSR count). The molecule has 206 valence electrons. The largest absolute Gasteiger partial charge is 0.382 e. The second-order valence-electron chi connectivity index (χ2n) is 9.91. The van der Waals surface area contributed by atoms with E-state index in [4.69, 9.17) is 28.1 Å². The summed E-state index contributed by atoms with van der Waals surface area (Å²) in [5.74, 6) is 1.13. The van der Waals surface area contributed by atoms with Crippen molar-refractivity contribution in [3.63, 3.8) is 0 Å². The minimum atomic E-state index is -0.520. The fourth-order valence-electron chi connectivity index (χ4n) is 5.02. The number of rotatable bonds is 10. The molecule has 0 radical (unpaired) electrons. The molecule has 1 saturated carbocycles. The number of fused-ring (bicyclic) bond motifs is 1. The van der Waals surface area contributed by atoms with Crippen molar-refractivity contribution < 1.29 is 9.59 Å². The summed E-state index contributed by atoms with van der Waals surface area (Å²) in [5, 5.41) is 16.8. The number of carbonyl (C=O) groups excluding carboxylic acids is 2. The number of halogens is 1. The summed E-state index contributed by atoms with van der Waals surface area (Å²) in [7, 11) is 0. The predicted octanol–water partition coefficient (Wildman–Crippen LogP) is 3.66. The lowest BCUT2D eigenvalue weighted by molar-refractivity contribution is -0.127. The van der Waals surface area contributed by atoms with E-state index in [1.54, 1.807) is 6.20 Å². The second-order valence-corrected chi connectivity index (χ2v) is 11.3. The molecule has 11 nitrogen and oxygen atoms in total. The molecule has 0 bridgehead atoms. The van der Waals surface area contributed by atoms with Gasteiger partial charge in [0.25, 0.3) is 0 Å². The fourth-order valence-corrected chi connectivity index (χ4v) is 5.82. The molecular weight excluding hydrogens is 538 g/mol. The zero-order chi connectivity index (χ0) is 27.4. The van der Waals surface area contributed by atoms with Crippen molar-refractivity contribution in [3.05, 3.63) is 45.8 Å². The lowest BCUT2D eigenvalue weighted by Gasteiger charge is -2.28. The molecule has 2 amide bonds. The summed E-state index contributed by atoms with van der Waals surface area (Å²) in [6.45, 7) is 1.02. The quantitative estimate of drug-likeness (QED) is 0.168. The maximum absolute atomic E-state index is 13.3. The first-order valence-corrected chi connectivity index (χ1v) is 14.3. The van der Waals surface area contributed by atoms with E-state index in [1.807, 2.05) is 23.6 Å². The summed E-state index contributed by atoms with van der Waals surface area (Å²) in [5.41, 5.74) is 13.8. The smallest absolute Gasteiger partial charge is 0.223 e. The molecular formula is C26H32ClN9O2S. The van der Waals surface area contributed by atoms with Crippen LogP contribution in [0.3, 0.4) is 0 Å². The third-order valence-electron chi connectivity index (χ3n) is 7.32. The number of nitrogen functional groups attached to an aromatic ring is 1. The van der Waals surface area contributed by atoms with E-state index in [1.165, 1.54) is 11.3 Å². The number of carbonyl (C=O) groups is 2. The van der Waals surface area contributed by atoms with Gasteiger partial charge in [0.05, 0.1) is 18.1 Å². The Labute approximate surface area is 234 Å². The first-order chi connectivity index (χ1) is 18.9. The topological polar surface area (TPSA) is 180 Å². The first kappa shape index (κ1) is 27.1. The van der Waals surface area contributed by atoms with Crippen molar-refractivity contribution in [2.45, 2.75) is 51.1 Å². The van der Waals surface area contributed by atoms with Gasteiger partial charge < -0.3 is 27.1 Å². The van der Waals surface area contributed by atoms with Gasteiger partial charge in [-0.3, -0.25) is 14.7 Å². The van der Waals surface area contributed by atoms with E-state index in [9.17, 15) is 9.59 Å². The lowest BCUT2D eigenvalue weighted by atomic mass is 9.81. The zero-order valence-corrected chi connectivity index (χ0v) is 22.9. The highest BCUT2D eigenvalue weighted by Crippen LogP contribution is 2.33. The molecule has 1 aromatic carbocycles. The molecule has 8 N–H and O–H groups in total. The van der Waals surface area contributed by atoms with Crippen LogP contribution in [0.25, 0.3) is 22.2 Å². The SMILES string of the molecule is NC[C@H]1CC[C@H](C(=O)NC(CCC(=O)NCc2nccs2)c2nc(-c3ccc4c(N)n[nH]c4c3)c(Cl)[nH]2)CC1. The lowest BCUT2D eigenvalue weighted by Crippen LogP contribution is -2.37. The maximum Gasteiger partial charge on any atom is 0.223 e. The van der Waals surface area contributed by atoms with Gasteiger partial charge in [-0.25, -0.2) is 9.97 Å². The van der Waals surface area contributed by atoms with Crippen molar-refractivity contribution in [1.82, 2.24) is 35.8 Å². The van der Waals surface area contributed by atoms with E-state index < -0.39 is 6.04 Å². The van der Waals surface area contributed by atoms with Crippen molar-refractivity contribution >= 4 is 51.5 Å². The Hall–Kier alpha value is -3.48. The molecule has 3 heterocycles. The van der Waals surface area contributed by atoms with Crippen molar-refractivity contribution in [1.29, 1.82) is 0 Å². The molecule has 1 atom stereocenters. The average molecular weight is 570 g/mol. The Balaban J connectivity index is 1.32. The molecule has 1 aliphatic rings. The minimum Gasteiger partial charge on any atom is -0.382 e. The van der Waals surface area contributed by atoms with Gasteiger partial charge in [-0.05, 0) is 56.7 Å². The van der Waals surface area contributed by atoms with Gasteiger partial charge in [-0.15, -0.1) is 11.3 Å². The Kier molecular flexibility index (Phi) is 8.44. The molecule has 0 spiro atoms. The van der Waals surface area contributed by atoms with Crippen LogP contribution >= 0.6 is 22.9 Å². The van der Waals surface area contributed by atoms with Gasteiger partial charge in [0.15, 0.2) is 5.82 Å². The van der Waals surface area contributed by atoms with Crippen LogP contribution in [-0.4, -0.2) is 43.5 Å². The highest BCUT2D eigenvalue weighted by Gasteiger charge is 2.29. The van der Waals surface area contributed by atoms with Crippen LogP contribution in [0.2, 0.25) is 5.15 Å². The van der Waals surface area contributed by atoms with Crippen LogP contribution < -0.4 is 22.1 Å². The summed E-state index contributed by atoms with van der Waals surface area (Å²) < 4.78 is 0. The molecule has 0 saturated heterocycles. The zero-order valence-electron chi connectivity index (χ0n) is 21.4. The monoisotopic (exact) mass is 569 g/mol. The standard InChI is InChI=1S/C26H32ClN9O2S/c27-23-22(16-5-6-17-19(11-16)35-36-24(17)29)33-25(34-23)18(7-8-20(37)31-13-21-30-9-10-39-21)32-26(38)15-3-1-14(12-28)2-4-15/h5-6,9-11,14-15,18H,1-4,7-8,12-13,28H2,(H,31,37)(H,32,38)(H,33,34)(H3,29,35,36)/t14-,15-,18?. The summed E-state index contributed by atoms with van der Waals surface area (Å²) >= 11 is 8.07. The molecule has 4 aromatic rings. The molecule has 1 aliphatic carbocycles. The van der Waals surface area contributed by atoms with E-state index >= 15 is 0 Å². The summed E-state index contributed by atoms with van der Waals surface area (Å²) in [4.78, 5) is 38.0. The van der Waals surface area contributed by atoms with Crippen LogP contribution in [-0.2, 0) is 16.1 Å². The molecule has 3 aromatic heterocycles. The van der Waals surface area contributed by atoms with E-state index in [0.29, 0.717) is 47.9 Å². The van der Waals surface area contributed by atoms with E-state index in [0.717, 1.165) is 47.2 Å². The van der Waals surface area contributed by atoms with Gasteiger partial charge >= 0.3 is 0 Å². The number of thiazole rings is 1. The van der Waals surface area contributed by atoms with Crippen molar-refractivity contribution in [3.8, 4) is 11.3 Å². The number of imidazole rings is 1. The van der Waals surface area contributed by atoms with Crippen LogP contribution in [0.1, 0.15) is 55.4 Å². The van der Waals surface area contributed by atoms with Crippen molar-refractivity contribution in [2.75, 3.05) is 12.3 Å². The number of H-pyrrole nitrogens is 2. The van der Waals surface area contributed by atoms with Crippen LogP contribution in [0, 0.1) is 11.8 Å². The maximum atomic E-state index is 13.3. The van der Waals surface area contributed by atoms with E-state index in [2.05, 4.69) is 30.8 Å². The number of aromatic nitrogens is 5. The summed E-state index contributed by atoms with van der Waals surface area (Å²) in [6, 6.07) is 5.08. The normalized spacial score (nSPS) is 18.2. The van der Waals surface area contributed by atoms with Gasteiger partial charge in [0.2, 0.25) is 11.8 Å². The fraction of sp³-hybridized carbons (Fsp3) is 0.423. The van der Waals surface area contributed by atoms with Gasteiger partial charge in [-0.1, -0.05) is 17.7 Å².